The second-order valence-electron chi connectivity index (χ2n) is 8.34. The highest BCUT2D eigenvalue weighted by molar-refractivity contribution is 7.89. The second kappa shape index (κ2) is 6.84. The number of aromatic nitrogens is 2. The van der Waals surface area contributed by atoms with Crippen LogP contribution in [0, 0.1) is 17.8 Å². The van der Waals surface area contributed by atoms with Gasteiger partial charge >= 0.3 is 11.1 Å². The predicted molar refractivity (Wildman–Crippen MR) is 108 cm³/mol. The normalized spacial score (nSPS) is 24.5. The number of hydrogen-bond acceptors (Lipinski definition) is 4. The Morgan fingerprint density at radius 2 is 1.75 bits per heavy atom. The Bertz CT molecular complexity index is 1150. The summed E-state index contributed by atoms with van der Waals surface area (Å²) < 4.78 is 29.3. The van der Waals surface area contributed by atoms with Crippen LogP contribution in [-0.4, -0.2) is 36.0 Å². The fourth-order valence-electron chi connectivity index (χ4n) is 5.10. The van der Waals surface area contributed by atoms with Crippen LogP contribution in [0.1, 0.15) is 32.6 Å². The van der Waals surface area contributed by atoms with E-state index in [0.29, 0.717) is 36.0 Å². The van der Waals surface area contributed by atoms with Crippen molar-refractivity contribution in [1.82, 2.24) is 13.4 Å². The largest absolute Gasteiger partial charge is 0.316 e. The van der Waals surface area contributed by atoms with E-state index in [1.54, 1.807) is 12.1 Å². The molecular formula is C20H27N3O4S. The highest BCUT2D eigenvalue weighted by atomic mass is 32.2. The molecule has 0 N–H and O–H groups in total. The lowest BCUT2D eigenvalue weighted by Gasteiger charge is -2.24. The van der Waals surface area contributed by atoms with Crippen molar-refractivity contribution in [3.8, 4) is 0 Å². The molecule has 4 rings (SSSR count). The lowest BCUT2D eigenvalue weighted by molar-refractivity contribution is 0.295. The van der Waals surface area contributed by atoms with Crippen LogP contribution in [0.15, 0.2) is 32.7 Å². The third-order valence-electron chi connectivity index (χ3n) is 6.60. The van der Waals surface area contributed by atoms with Gasteiger partial charge in [0.1, 0.15) is 0 Å². The maximum absolute atomic E-state index is 12.9. The molecule has 7 nitrogen and oxygen atoms in total. The fourth-order valence-corrected chi connectivity index (χ4v) is 6.02. The molecule has 0 unspecified atom stereocenters. The van der Waals surface area contributed by atoms with Crippen molar-refractivity contribution in [2.45, 2.75) is 50.6 Å². The molecule has 0 amide bonds. The zero-order chi connectivity index (χ0) is 20.2. The summed E-state index contributed by atoms with van der Waals surface area (Å²) in [6.07, 6.45) is 4.75. The smallest absolute Gasteiger partial charge is 0.302 e. The van der Waals surface area contributed by atoms with E-state index in [1.165, 1.54) is 48.6 Å². The Kier molecular flexibility index (Phi) is 4.74. The lowest BCUT2D eigenvalue weighted by Crippen LogP contribution is -2.42. The third kappa shape index (κ3) is 2.93. The van der Waals surface area contributed by atoms with Gasteiger partial charge in [0.05, 0.1) is 15.9 Å². The fraction of sp³-hybridized carbons (Fsp3) is 0.600. The van der Waals surface area contributed by atoms with Gasteiger partial charge in [-0.15, -0.1) is 0 Å². The van der Waals surface area contributed by atoms with E-state index in [2.05, 4.69) is 0 Å². The zero-order valence-corrected chi connectivity index (χ0v) is 17.4. The molecule has 1 heterocycles. The number of sulfonamides is 1. The predicted octanol–water partition coefficient (Wildman–Crippen LogP) is 1.87. The minimum atomic E-state index is -3.63. The average Bonchev–Trinajstić information content (AvgIpc) is 3.28. The first-order chi connectivity index (χ1) is 13.2. The summed E-state index contributed by atoms with van der Waals surface area (Å²) >= 11 is 0. The van der Waals surface area contributed by atoms with Crippen molar-refractivity contribution in [2.75, 3.05) is 14.1 Å². The van der Waals surface area contributed by atoms with Gasteiger partial charge in [-0.25, -0.2) is 12.7 Å². The topological polar surface area (TPSA) is 81.4 Å². The maximum atomic E-state index is 12.9. The van der Waals surface area contributed by atoms with Gasteiger partial charge in [-0.1, -0.05) is 6.42 Å². The molecule has 2 saturated carbocycles. The number of nitrogens with zero attached hydrogens (tertiary/aromatic N) is 3. The van der Waals surface area contributed by atoms with Gasteiger partial charge in [0.2, 0.25) is 10.0 Å². The van der Waals surface area contributed by atoms with Crippen LogP contribution in [0.25, 0.3) is 11.0 Å². The van der Waals surface area contributed by atoms with Crippen LogP contribution in [0.2, 0.25) is 0 Å². The van der Waals surface area contributed by atoms with E-state index in [0.717, 1.165) is 16.6 Å². The van der Waals surface area contributed by atoms with Gasteiger partial charge in [-0.2, -0.15) is 0 Å². The summed E-state index contributed by atoms with van der Waals surface area (Å²) in [5, 5.41) is 0. The molecule has 2 fully saturated rings. The Balaban J connectivity index is 1.92. The molecule has 8 heteroatoms. The van der Waals surface area contributed by atoms with E-state index in [9.17, 15) is 18.0 Å². The van der Waals surface area contributed by atoms with Gasteiger partial charge < -0.3 is 9.13 Å². The first-order valence-corrected chi connectivity index (χ1v) is 11.4. The number of aryl methyl sites for hydroxylation is 1. The van der Waals surface area contributed by atoms with Crippen LogP contribution in [-0.2, 0) is 23.1 Å². The highest BCUT2D eigenvalue weighted by Crippen LogP contribution is 2.48. The van der Waals surface area contributed by atoms with Crippen molar-refractivity contribution in [2.24, 2.45) is 17.8 Å². The first-order valence-electron chi connectivity index (χ1n) is 9.94. The minimum Gasteiger partial charge on any atom is -0.302 e. The van der Waals surface area contributed by atoms with Crippen molar-refractivity contribution in [3.05, 3.63) is 38.9 Å². The third-order valence-corrected chi connectivity index (χ3v) is 8.41. The molecule has 1 aromatic heterocycles. The molecule has 0 spiro atoms. The van der Waals surface area contributed by atoms with Crippen molar-refractivity contribution in [3.63, 3.8) is 0 Å². The molecule has 1 aromatic carbocycles. The number of fused-ring (bicyclic) bond motifs is 3. The molecular weight excluding hydrogens is 378 g/mol. The highest BCUT2D eigenvalue weighted by Gasteiger charge is 2.39. The van der Waals surface area contributed by atoms with Gasteiger partial charge in [0.25, 0.3) is 0 Å². The average molecular weight is 406 g/mol. The van der Waals surface area contributed by atoms with Crippen LogP contribution in [0.5, 0.6) is 0 Å². The van der Waals surface area contributed by atoms with Gasteiger partial charge in [-0.3, -0.25) is 9.59 Å². The van der Waals surface area contributed by atoms with E-state index in [4.69, 9.17) is 0 Å². The van der Waals surface area contributed by atoms with Crippen LogP contribution in [0.3, 0.4) is 0 Å². The molecule has 152 valence electrons. The summed E-state index contributed by atoms with van der Waals surface area (Å²) in [6.45, 7) is 2.66. The molecule has 0 radical (unpaired) electrons. The zero-order valence-electron chi connectivity index (χ0n) is 16.6. The number of benzene rings is 1. The lowest BCUT2D eigenvalue weighted by atomic mass is 9.88. The van der Waals surface area contributed by atoms with Crippen LogP contribution < -0.4 is 11.1 Å². The quantitative estimate of drug-likeness (QED) is 0.711. The van der Waals surface area contributed by atoms with Crippen LogP contribution in [0.4, 0.5) is 0 Å². The van der Waals surface area contributed by atoms with Crippen molar-refractivity contribution < 1.29 is 8.42 Å². The monoisotopic (exact) mass is 405 g/mol. The summed E-state index contributed by atoms with van der Waals surface area (Å²) in [5.41, 5.74) is 0.0306. The van der Waals surface area contributed by atoms with Crippen LogP contribution >= 0.6 is 0 Å². The second-order valence-corrected chi connectivity index (χ2v) is 10.5. The Hall–Kier alpha value is -1.93. The summed E-state index contributed by atoms with van der Waals surface area (Å²) in [5.74, 6) is 1.72. The molecule has 0 aliphatic heterocycles. The molecule has 2 aliphatic carbocycles. The SMILES string of the molecule is CCn1c(=O)c(=O)n(C[C@@H]2C[C@H]3CC[C@H]2C3)c2cc(S(=O)(=O)N(C)C)ccc21. The maximum Gasteiger partial charge on any atom is 0.316 e. The molecule has 0 saturated heterocycles. The Morgan fingerprint density at radius 3 is 2.32 bits per heavy atom. The summed E-state index contributed by atoms with van der Waals surface area (Å²) in [4.78, 5) is 25.7. The van der Waals surface area contributed by atoms with Gasteiger partial charge in [0.15, 0.2) is 0 Å². The van der Waals surface area contributed by atoms with E-state index in [-0.39, 0.29) is 4.90 Å². The Morgan fingerprint density at radius 1 is 1.04 bits per heavy atom. The molecule has 3 atom stereocenters. The van der Waals surface area contributed by atoms with Gasteiger partial charge in [0, 0.05) is 27.2 Å². The van der Waals surface area contributed by atoms with E-state index in [1.807, 2.05) is 6.92 Å². The summed E-state index contributed by atoms with van der Waals surface area (Å²) in [7, 11) is -0.671. The molecule has 2 aromatic rings. The number of hydrogen-bond donors (Lipinski definition) is 0. The van der Waals surface area contributed by atoms with Gasteiger partial charge in [-0.05, 0) is 62.1 Å². The molecule has 2 bridgehead atoms. The van der Waals surface area contributed by atoms with Crippen molar-refractivity contribution in [1.29, 1.82) is 0 Å². The Labute approximate surface area is 164 Å². The number of rotatable bonds is 5. The molecule has 2 aliphatic rings. The molecule has 28 heavy (non-hydrogen) atoms. The first kappa shape index (κ1) is 19.4. The minimum absolute atomic E-state index is 0.132. The van der Waals surface area contributed by atoms with E-state index >= 15 is 0 Å². The van der Waals surface area contributed by atoms with Crippen molar-refractivity contribution >= 4 is 21.1 Å². The standard InChI is InChI=1S/C20H27N3O4S/c1-4-22-17-8-7-16(28(26,27)21(2)3)11-18(17)23(20(25)19(22)24)12-15-10-13-5-6-14(15)9-13/h7-8,11,13-15H,4-6,9-10,12H2,1-3H3/t13-,14-,15-/m0/s1. The van der Waals surface area contributed by atoms with E-state index < -0.39 is 21.1 Å². The summed E-state index contributed by atoms with van der Waals surface area (Å²) in [6, 6.07) is 4.70.